The highest BCUT2D eigenvalue weighted by molar-refractivity contribution is 5.84. The van der Waals surface area contributed by atoms with Crippen LogP contribution >= 0.6 is 0 Å². The second kappa shape index (κ2) is 8.77. The zero-order valence-corrected chi connectivity index (χ0v) is 18.0. The van der Waals surface area contributed by atoms with Crippen LogP contribution in [-0.4, -0.2) is 41.1 Å². The molecule has 3 saturated heterocycles. The lowest BCUT2D eigenvalue weighted by Crippen LogP contribution is -2.55. The van der Waals surface area contributed by atoms with Crippen molar-refractivity contribution >= 4 is 10.9 Å². The van der Waals surface area contributed by atoms with E-state index in [0.29, 0.717) is 24.5 Å². The van der Waals surface area contributed by atoms with Crippen molar-refractivity contribution in [3.8, 4) is 5.75 Å². The molecule has 3 aromatic rings. The molecule has 3 aliphatic heterocycles. The van der Waals surface area contributed by atoms with Gasteiger partial charge in [-0.15, -0.1) is 6.58 Å². The summed E-state index contributed by atoms with van der Waals surface area (Å²) >= 11 is 0. The number of hydrogen-bond acceptors (Lipinski definition) is 5. The molecule has 2 aromatic heterocycles. The third-order valence-corrected chi connectivity index (χ3v) is 6.93. The van der Waals surface area contributed by atoms with E-state index >= 15 is 0 Å². The molecule has 0 spiro atoms. The average molecular weight is 416 g/mol. The van der Waals surface area contributed by atoms with Gasteiger partial charge in [-0.2, -0.15) is 0 Å². The standard InChI is InChI=1S/C26H29N3O2/c1-3-18-16-29-13-10-19(18)14-25(29)26(31-17-20-6-4-5-11-27-20)22-9-12-28-24-8-7-21(30-2)15-23(22)24/h3-9,11-12,15,18-19,25-26H,1,10,13-14,16-17H2,2H3/t18-,19?,25-,26+/m0/s1. The second-order valence-corrected chi connectivity index (χ2v) is 8.58. The van der Waals surface area contributed by atoms with Crippen LogP contribution in [0.2, 0.25) is 0 Å². The van der Waals surface area contributed by atoms with Crippen LogP contribution < -0.4 is 4.74 Å². The zero-order chi connectivity index (χ0) is 21.2. The summed E-state index contributed by atoms with van der Waals surface area (Å²) in [5, 5.41) is 1.09. The molecule has 31 heavy (non-hydrogen) atoms. The predicted octanol–water partition coefficient (Wildman–Crippen LogP) is 4.79. The summed E-state index contributed by atoms with van der Waals surface area (Å²) in [5.74, 6) is 2.09. The van der Waals surface area contributed by atoms with Gasteiger partial charge in [-0.3, -0.25) is 14.9 Å². The monoisotopic (exact) mass is 415 g/mol. The number of aromatic nitrogens is 2. The fraction of sp³-hybridized carbons (Fsp3) is 0.385. The Kier molecular flexibility index (Phi) is 5.70. The van der Waals surface area contributed by atoms with Crippen molar-refractivity contribution < 1.29 is 9.47 Å². The van der Waals surface area contributed by atoms with E-state index in [2.05, 4.69) is 39.7 Å². The van der Waals surface area contributed by atoms with Crippen molar-refractivity contribution in [3.05, 3.63) is 78.8 Å². The first kappa shape index (κ1) is 20.2. The Balaban J connectivity index is 1.53. The minimum Gasteiger partial charge on any atom is -0.497 e. The quantitative estimate of drug-likeness (QED) is 0.519. The molecule has 0 amide bonds. The summed E-state index contributed by atoms with van der Waals surface area (Å²) in [6, 6.07) is 14.5. The molecule has 5 heterocycles. The summed E-state index contributed by atoms with van der Waals surface area (Å²) < 4.78 is 12.2. The van der Waals surface area contributed by atoms with Gasteiger partial charge < -0.3 is 9.47 Å². The van der Waals surface area contributed by atoms with Gasteiger partial charge in [0.1, 0.15) is 5.75 Å². The molecule has 5 heteroatoms. The van der Waals surface area contributed by atoms with Gasteiger partial charge in [-0.1, -0.05) is 12.1 Å². The molecular weight excluding hydrogens is 386 g/mol. The molecule has 0 saturated carbocycles. The molecule has 3 fully saturated rings. The summed E-state index contributed by atoms with van der Waals surface area (Å²) in [7, 11) is 1.70. The highest BCUT2D eigenvalue weighted by Crippen LogP contribution is 2.43. The van der Waals surface area contributed by atoms with E-state index in [0.717, 1.165) is 41.9 Å². The van der Waals surface area contributed by atoms with Crippen LogP contribution in [0.25, 0.3) is 10.9 Å². The van der Waals surface area contributed by atoms with Crippen LogP contribution in [0.3, 0.4) is 0 Å². The van der Waals surface area contributed by atoms with Crippen molar-refractivity contribution in [2.75, 3.05) is 20.2 Å². The van der Waals surface area contributed by atoms with Crippen LogP contribution in [0, 0.1) is 11.8 Å². The molecule has 160 valence electrons. The van der Waals surface area contributed by atoms with E-state index in [9.17, 15) is 0 Å². The van der Waals surface area contributed by atoms with E-state index in [1.165, 1.54) is 12.0 Å². The van der Waals surface area contributed by atoms with Crippen LogP contribution in [-0.2, 0) is 11.3 Å². The first-order valence-corrected chi connectivity index (χ1v) is 11.1. The maximum atomic E-state index is 6.66. The number of pyridine rings is 2. The molecule has 0 radical (unpaired) electrons. The minimum atomic E-state index is -0.0619. The Morgan fingerprint density at radius 2 is 2.13 bits per heavy atom. The van der Waals surface area contributed by atoms with Crippen LogP contribution in [0.1, 0.15) is 30.2 Å². The van der Waals surface area contributed by atoms with Crippen molar-refractivity contribution in [1.29, 1.82) is 0 Å². The maximum Gasteiger partial charge on any atom is 0.119 e. The third kappa shape index (κ3) is 3.95. The van der Waals surface area contributed by atoms with Gasteiger partial charge in [0, 0.05) is 30.4 Å². The zero-order valence-electron chi connectivity index (χ0n) is 18.0. The highest BCUT2D eigenvalue weighted by atomic mass is 16.5. The lowest BCUT2D eigenvalue weighted by atomic mass is 9.73. The first-order valence-electron chi connectivity index (χ1n) is 11.1. The fourth-order valence-corrected chi connectivity index (χ4v) is 5.28. The highest BCUT2D eigenvalue weighted by Gasteiger charge is 2.43. The molecule has 3 aliphatic rings. The van der Waals surface area contributed by atoms with Gasteiger partial charge in [0.15, 0.2) is 0 Å². The number of fused-ring (bicyclic) bond motifs is 4. The summed E-state index contributed by atoms with van der Waals surface area (Å²) in [6.07, 6.45) is 8.16. The molecule has 2 bridgehead atoms. The maximum absolute atomic E-state index is 6.66. The molecule has 0 aliphatic carbocycles. The van der Waals surface area contributed by atoms with Crippen LogP contribution in [0.4, 0.5) is 0 Å². The number of hydrogen-bond donors (Lipinski definition) is 0. The summed E-state index contributed by atoms with van der Waals surface area (Å²) in [5.41, 5.74) is 3.08. The van der Waals surface area contributed by atoms with E-state index in [1.54, 1.807) is 7.11 Å². The van der Waals surface area contributed by atoms with Gasteiger partial charge in [0.05, 0.1) is 31.0 Å². The largest absolute Gasteiger partial charge is 0.497 e. The Labute approximate surface area is 183 Å². The first-order chi connectivity index (χ1) is 15.3. The number of benzene rings is 1. The number of nitrogens with zero attached hydrogens (tertiary/aromatic N) is 3. The molecule has 2 unspecified atom stereocenters. The molecule has 5 nitrogen and oxygen atoms in total. The number of piperidine rings is 3. The van der Waals surface area contributed by atoms with Crippen molar-refractivity contribution in [3.63, 3.8) is 0 Å². The topological polar surface area (TPSA) is 47.5 Å². The second-order valence-electron chi connectivity index (χ2n) is 8.58. The Morgan fingerprint density at radius 1 is 1.19 bits per heavy atom. The Bertz CT molecular complexity index is 1050. The van der Waals surface area contributed by atoms with Gasteiger partial charge in [-0.25, -0.2) is 0 Å². The lowest BCUT2D eigenvalue weighted by Gasteiger charge is -2.51. The molecule has 6 rings (SSSR count). The van der Waals surface area contributed by atoms with E-state index in [1.807, 2.05) is 42.7 Å². The Morgan fingerprint density at radius 3 is 2.87 bits per heavy atom. The lowest BCUT2D eigenvalue weighted by molar-refractivity contribution is -0.0809. The van der Waals surface area contributed by atoms with Gasteiger partial charge in [0.2, 0.25) is 0 Å². The SMILES string of the molecule is C=C[C@H]1CN2CCC1C[C@H]2[C@H](OCc1ccccn1)c1ccnc2ccc(OC)cc12. The third-order valence-electron chi connectivity index (χ3n) is 6.93. The van der Waals surface area contributed by atoms with Gasteiger partial charge in [0.25, 0.3) is 0 Å². The van der Waals surface area contributed by atoms with Crippen molar-refractivity contribution in [1.82, 2.24) is 14.9 Å². The molecule has 1 aromatic carbocycles. The van der Waals surface area contributed by atoms with E-state index in [4.69, 9.17) is 9.47 Å². The van der Waals surface area contributed by atoms with Gasteiger partial charge >= 0.3 is 0 Å². The predicted molar refractivity (Wildman–Crippen MR) is 122 cm³/mol. The van der Waals surface area contributed by atoms with Crippen molar-refractivity contribution in [2.24, 2.45) is 11.8 Å². The smallest absolute Gasteiger partial charge is 0.119 e. The Hall–Kier alpha value is -2.76. The number of ether oxygens (including phenoxy) is 2. The van der Waals surface area contributed by atoms with Crippen molar-refractivity contribution in [2.45, 2.75) is 31.6 Å². The average Bonchev–Trinajstić information content (AvgIpc) is 2.85. The van der Waals surface area contributed by atoms with E-state index in [-0.39, 0.29) is 6.10 Å². The molecule has 0 N–H and O–H groups in total. The molecular formula is C26H29N3O2. The van der Waals surface area contributed by atoms with Crippen LogP contribution in [0.5, 0.6) is 5.75 Å². The summed E-state index contributed by atoms with van der Waals surface area (Å²) in [6.45, 7) is 6.75. The number of rotatable bonds is 7. The van der Waals surface area contributed by atoms with E-state index < -0.39 is 0 Å². The fourth-order valence-electron chi connectivity index (χ4n) is 5.28. The van der Waals surface area contributed by atoms with Crippen LogP contribution in [0.15, 0.2) is 67.5 Å². The summed E-state index contributed by atoms with van der Waals surface area (Å²) in [4.78, 5) is 11.7. The van der Waals surface area contributed by atoms with Gasteiger partial charge in [-0.05, 0) is 73.2 Å². The minimum absolute atomic E-state index is 0.0619. The molecule has 5 atom stereocenters. The number of methoxy groups -OCH3 is 1. The normalized spacial score (nSPS) is 26.0.